The van der Waals surface area contributed by atoms with Gasteiger partial charge in [0.05, 0.1) is 30.5 Å². The zero-order valence-corrected chi connectivity index (χ0v) is 15.6. The minimum Gasteiger partial charge on any atom is -0.332 e. The molecule has 0 fully saturated rings. The first-order valence-corrected chi connectivity index (χ1v) is 9.36. The molecule has 27 heavy (non-hydrogen) atoms. The zero-order valence-electron chi connectivity index (χ0n) is 15.6. The molecule has 1 aromatic carbocycles. The minimum absolute atomic E-state index is 0.784. The van der Waals surface area contributed by atoms with Crippen molar-refractivity contribution in [3.05, 3.63) is 71.2 Å². The first kappa shape index (κ1) is 16.1. The Morgan fingerprint density at radius 3 is 2.67 bits per heavy atom. The first-order chi connectivity index (χ1) is 13.2. The van der Waals surface area contributed by atoms with Crippen molar-refractivity contribution >= 4 is 17.1 Å². The highest BCUT2D eigenvalue weighted by Crippen LogP contribution is 2.30. The van der Waals surface area contributed by atoms with Crippen molar-refractivity contribution in [2.45, 2.75) is 33.0 Å². The summed E-state index contributed by atoms with van der Waals surface area (Å²) in [6, 6.07) is 12.8. The van der Waals surface area contributed by atoms with Gasteiger partial charge in [0.15, 0.2) is 5.65 Å². The SMILES string of the molecule is CCc1cnc2nc(N3Cc4cnn(C)c4C3)n(Cc3ccccc3)c2c1. The Morgan fingerprint density at radius 2 is 1.89 bits per heavy atom. The van der Waals surface area contributed by atoms with Crippen molar-refractivity contribution in [3.8, 4) is 0 Å². The van der Waals surface area contributed by atoms with Crippen LogP contribution in [-0.4, -0.2) is 24.3 Å². The van der Waals surface area contributed by atoms with Gasteiger partial charge in [-0.25, -0.2) is 4.98 Å². The van der Waals surface area contributed by atoms with Crippen molar-refractivity contribution in [3.63, 3.8) is 0 Å². The smallest absolute Gasteiger partial charge is 0.209 e. The molecule has 0 saturated heterocycles. The van der Waals surface area contributed by atoms with Crippen LogP contribution in [0.1, 0.15) is 29.3 Å². The maximum absolute atomic E-state index is 4.91. The molecule has 1 aliphatic heterocycles. The van der Waals surface area contributed by atoms with E-state index in [0.717, 1.165) is 43.2 Å². The molecule has 3 aromatic heterocycles. The highest BCUT2D eigenvalue weighted by molar-refractivity contribution is 5.76. The Labute approximate surface area is 158 Å². The zero-order chi connectivity index (χ0) is 18.4. The lowest BCUT2D eigenvalue weighted by Gasteiger charge is -2.19. The summed E-state index contributed by atoms with van der Waals surface area (Å²) in [5, 5.41) is 4.37. The average Bonchev–Trinajstić information content (AvgIpc) is 3.37. The maximum Gasteiger partial charge on any atom is 0.209 e. The van der Waals surface area contributed by atoms with E-state index < -0.39 is 0 Å². The van der Waals surface area contributed by atoms with E-state index in [0.29, 0.717) is 0 Å². The molecule has 136 valence electrons. The molecule has 0 saturated carbocycles. The summed E-state index contributed by atoms with van der Waals surface area (Å²) in [5.41, 5.74) is 6.94. The first-order valence-electron chi connectivity index (χ1n) is 9.36. The minimum atomic E-state index is 0.784. The Balaban J connectivity index is 1.61. The summed E-state index contributed by atoms with van der Waals surface area (Å²) < 4.78 is 4.27. The standard InChI is InChI=1S/C21H22N6/c1-3-15-9-18-20(22-10-15)24-21(27(18)12-16-7-5-4-6-8-16)26-13-17-11-23-25(2)19(17)14-26/h4-11H,3,12-14H2,1-2H3. The van der Waals surface area contributed by atoms with Crippen LogP contribution in [0.3, 0.4) is 0 Å². The second-order valence-corrected chi connectivity index (χ2v) is 7.12. The molecular weight excluding hydrogens is 336 g/mol. The van der Waals surface area contributed by atoms with E-state index in [1.165, 1.54) is 22.4 Å². The topological polar surface area (TPSA) is 51.8 Å². The summed E-state index contributed by atoms with van der Waals surface area (Å²) >= 11 is 0. The number of nitrogens with zero attached hydrogens (tertiary/aromatic N) is 6. The number of aromatic nitrogens is 5. The van der Waals surface area contributed by atoms with Gasteiger partial charge in [0, 0.05) is 25.4 Å². The van der Waals surface area contributed by atoms with Gasteiger partial charge in [0.2, 0.25) is 5.95 Å². The molecule has 0 atom stereocenters. The van der Waals surface area contributed by atoms with Crippen LogP contribution in [-0.2, 0) is 33.1 Å². The fourth-order valence-corrected chi connectivity index (χ4v) is 3.82. The largest absolute Gasteiger partial charge is 0.332 e. The quantitative estimate of drug-likeness (QED) is 0.562. The third-order valence-corrected chi connectivity index (χ3v) is 5.37. The molecule has 5 rings (SSSR count). The normalized spacial score (nSPS) is 13.5. The Kier molecular flexibility index (Phi) is 3.70. The van der Waals surface area contributed by atoms with E-state index in [2.05, 4.69) is 62.9 Å². The monoisotopic (exact) mass is 358 g/mol. The third-order valence-electron chi connectivity index (χ3n) is 5.37. The summed E-state index contributed by atoms with van der Waals surface area (Å²) in [6.45, 7) is 4.60. The van der Waals surface area contributed by atoms with Crippen LogP contribution in [0.5, 0.6) is 0 Å². The molecule has 0 spiro atoms. The molecule has 4 aromatic rings. The fourth-order valence-electron chi connectivity index (χ4n) is 3.82. The molecule has 0 amide bonds. The highest BCUT2D eigenvalue weighted by atomic mass is 15.4. The van der Waals surface area contributed by atoms with Crippen LogP contribution in [0.4, 0.5) is 5.95 Å². The van der Waals surface area contributed by atoms with Crippen LogP contribution < -0.4 is 4.90 Å². The molecule has 0 aliphatic carbocycles. The van der Waals surface area contributed by atoms with Crippen LogP contribution in [0.15, 0.2) is 48.8 Å². The lowest BCUT2D eigenvalue weighted by atomic mass is 10.2. The number of anilines is 1. The molecule has 6 heteroatoms. The Hall–Kier alpha value is -3.15. The molecule has 0 unspecified atom stereocenters. The van der Waals surface area contributed by atoms with Gasteiger partial charge < -0.3 is 9.47 Å². The molecular formula is C21H22N6. The number of pyridine rings is 1. The highest BCUT2D eigenvalue weighted by Gasteiger charge is 2.27. The summed E-state index contributed by atoms with van der Waals surface area (Å²) in [4.78, 5) is 11.9. The van der Waals surface area contributed by atoms with Crippen LogP contribution in [0, 0.1) is 0 Å². The number of rotatable bonds is 4. The molecule has 6 nitrogen and oxygen atoms in total. The number of imidazole rings is 1. The van der Waals surface area contributed by atoms with Gasteiger partial charge in [-0.15, -0.1) is 0 Å². The lowest BCUT2D eigenvalue weighted by molar-refractivity contribution is 0.684. The van der Waals surface area contributed by atoms with E-state index in [1.807, 2.05) is 24.1 Å². The Morgan fingerprint density at radius 1 is 1.04 bits per heavy atom. The molecule has 1 aliphatic rings. The van der Waals surface area contributed by atoms with Gasteiger partial charge in [-0.3, -0.25) is 4.68 Å². The van der Waals surface area contributed by atoms with Crippen LogP contribution in [0.25, 0.3) is 11.2 Å². The molecule has 0 radical (unpaired) electrons. The summed E-state index contributed by atoms with van der Waals surface area (Å²) in [7, 11) is 2.00. The molecule has 0 N–H and O–H groups in total. The van der Waals surface area contributed by atoms with Gasteiger partial charge in [-0.2, -0.15) is 10.1 Å². The lowest BCUT2D eigenvalue weighted by Crippen LogP contribution is -2.21. The average molecular weight is 358 g/mol. The predicted molar refractivity (Wildman–Crippen MR) is 106 cm³/mol. The van der Waals surface area contributed by atoms with E-state index in [1.54, 1.807) is 0 Å². The van der Waals surface area contributed by atoms with Crippen LogP contribution in [0.2, 0.25) is 0 Å². The van der Waals surface area contributed by atoms with E-state index in [-0.39, 0.29) is 0 Å². The van der Waals surface area contributed by atoms with Crippen molar-refractivity contribution in [1.82, 2.24) is 24.3 Å². The van der Waals surface area contributed by atoms with E-state index in [9.17, 15) is 0 Å². The molecule has 4 heterocycles. The number of hydrogen-bond donors (Lipinski definition) is 0. The predicted octanol–water partition coefficient (Wildman–Crippen LogP) is 3.30. The second kappa shape index (κ2) is 6.23. The maximum atomic E-state index is 4.91. The summed E-state index contributed by atoms with van der Waals surface area (Å²) in [5.74, 6) is 0.978. The van der Waals surface area contributed by atoms with Crippen molar-refractivity contribution in [2.24, 2.45) is 7.05 Å². The van der Waals surface area contributed by atoms with Crippen molar-refractivity contribution in [2.75, 3.05) is 4.90 Å². The van der Waals surface area contributed by atoms with Crippen molar-refractivity contribution in [1.29, 1.82) is 0 Å². The van der Waals surface area contributed by atoms with Crippen molar-refractivity contribution < 1.29 is 0 Å². The van der Waals surface area contributed by atoms with Gasteiger partial charge in [-0.05, 0) is 23.6 Å². The summed E-state index contributed by atoms with van der Waals surface area (Å²) in [6.07, 6.45) is 4.87. The fraction of sp³-hybridized carbons (Fsp3) is 0.286. The van der Waals surface area contributed by atoms with Gasteiger partial charge >= 0.3 is 0 Å². The number of benzene rings is 1. The van der Waals surface area contributed by atoms with Gasteiger partial charge in [0.1, 0.15) is 0 Å². The van der Waals surface area contributed by atoms with E-state index in [4.69, 9.17) is 4.98 Å². The van der Waals surface area contributed by atoms with E-state index >= 15 is 0 Å². The van der Waals surface area contributed by atoms with Crippen LogP contribution >= 0.6 is 0 Å². The number of aryl methyl sites for hydroxylation is 2. The van der Waals surface area contributed by atoms with Gasteiger partial charge in [-0.1, -0.05) is 37.3 Å². The number of hydrogen-bond acceptors (Lipinski definition) is 4. The second-order valence-electron chi connectivity index (χ2n) is 7.12. The van der Waals surface area contributed by atoms with Gasteiger partial charge in [0.25, 0.3) is 0 Å². The third kappa shape index (κ3) is 2.68. The Bertz CT molecular complexity index is 1110. The number of fused-ring (bicyclic) bond motifs is 2. The molecule has 0 bridgehead atoms.